The van der Waals surface area contributed by atoms with Crippen LogP contribution in [0.2, 0.25) is 5.02 Å². The Morgan fingerprint density at radius 2 is 2.16 bits per heavy atom. The van der Waals surface area contributed by atoms with Gasteiger partial charge in [-0.25, -0.2) is 0 Å². The second-order valence-electron chi connectivity index (χ2n) is 6.14. The fraction of sp³-hybridized carbons (Fsp3) is 0.368. The molecule has 1 aromatic rings. The molecule has 0 aromatic heterocycles. The number of benzene rings is 1. The van der Waals surface area contributed by atoms with Crippen LogP contribution in [0.15, 0.2) is 23.9 Å². The van der Waals surface area contributed by atoms with E-state index in [4.69, 9.17) is 35.0 Å². The van der Waals surface area contributed by atoms with E-state index >= 15 is 0 Å². The van der Waals surface area contributed by atoms with E-state index in [9.17, 15) is 4.79 Å². The molecular weight excluding hydrogens is 356 g/mol. The van der Waals surface area contributed by atoms with Crippen LogP contribution in [-0.2, 0) is 4.79 Å². The first-order valence-corrected chi connectivity index (χ1v) is 9.11. The number of halogens is 1. The van der Waals surface area contributed by atoms with Gasteiger partial charge >= 0.3 is 0 Å². The number of amides is 1. The number of nitrogens with zero attached hydrogens (tertiary/aromatic N) is 1. The zero-order valence-corrected chi connectivity index (χ0v) is 15.3. The Hall–Kier alpha value is -2.03. The third-order valence-corrected chi connectivity index (χ3v) is 5.02. The molecule has 3 rings (SSSR count). The molecule has 6 heteroatoms. The summed E-state index contributed by atoms with van der Waals surface area (Å²) in [5, 5.41) is 3.97. The van der Waals surface area contributed by atoms with Crippen LogP contribution in [-0.4, -0.2) is 28.6 Å². The number of carbonyl (C=O) groups is 1. The average molecular weight is 375 g/mol. The number of nitrogens with one attached hydrogen (secondary N) is 1. The molecule has 1 saturated carbocycles. The first-order valence-electron chi connectivity index (χ1n) is 8.32. The van der Waals surface area contributed by atoms with Crippen LogP contribution in [0, 0.1) is 12.3 Å². The Kier molecular flexibility index (Phi) is 5.62. The fourth-order valence-corrected chi connectivity index (χ4v) is 3.82. The van der Waals surface area contributed by atoms with Crippen molar-refractivity contribution in [3.05, 3.63) is 34.5 Å². The van der Waals surface area contributed by atoms with Crippen LogP contribution < -0.4 is 10.1 Å². The molecule has 0 radical (unpaired) electrons. The standard InChI is InChI=1S/C19H19ClN2O2S/c1-2-10-24-17-9-8-13(11-15(17)20)12-16-18(23)22(19(25)21-16)14-6-4-3-5-7-14/h1,8-9,11-12,14H,3-7,10H2,(H,21,25). The van der Waals surface area contributed by atoms with Crippen molar-refractivity contribution in [3.8, 4) is 18.1 Å². The predicted octanol–water partition coefficient (Wildman–Crippen LogP) is 3.74. The van der Waals surface area contributed by atoms with Gasteiger partial charge in [0.25, 0.3) is 5.91 Å². The van der Waals surface area contributed by atoms with Gasteiger partial charge in [-0.1, -0.05) is 42.9 Å². The lowest BCUT2D eigenvalue weighted by Crippen LogP contribution is -2.41. The largest absolute Gasteiger partial charge is 0.479 e. The van der Waals surface area contributed by atoms with Crippen LogP contribution in [0.5, 0.6) is 5.75 Å². The summed E-state index contributed by atoms with van der Waals surface area (Å²) in [6.45, 7) is 0.158. The van der Waals surface area contributed by atoms with Crippen LogP contribution in [0.4, 0.5) is 0 Å². The molecule has 1 heterocycles. The van der Waals surface area contributed by atoms with Gasteiger partial charge in [-0.2, -0.15) is 0 Å². The molecule has 2 fully saturated rings. The Bertz CT molecular complexity index is 763. The fourth-order valence-electron chi connectivity index (χ4n) is 3.23. The van der Waals surface area contributed by atoms with Gasteiger partial charge in [0.2, 0.25) is 0 Å². The molecule has 1 amide bonds. The molecule has 0 atom stereocenters. The molecule has 130 valence electrons. The predicted molar refractivity (Wildman–Crippen MR) is 103 cm³/mol. The van der Waals surface area contributed by atoms with Gasteiger partial charge in [-0.3, -0.25) is 9.69 Å². The summed E-state index contributed by atoms with van der Waals surface area (Å²) in [7, 11) is 0. The second-order valence-corrected chi connectivity index (χ2v) is 6.93. The highest BCUT2D eigenvalue weighted by atomic mass is 35.5. The van der Waals surface area contributed by atoms with E-state index in [2.05, 4.69) is 11.2 Å². The van der Waals surface area contributed by atoms with Gasteiger partial charge < -0.3 is 10.1 Å². The third kappa shape index (κ3) is 3.97. The molecule has 2 aliphatic rings. The number of terminal acetylenes is 1. The summed E-state index contributed by atoms with van der Waals surface area (Å²) in [5.74, 6) is 2.85. The van der Waals surface area contributed by atoms with Gasteiger partial charge in [-0.05, 0) is 48.8 Å². The Morgan fingerprint density at radius 3 is 2.84 bits per heavy atom. The highest BCUT2D eigenvalue weighted by Crippen LogP contribution is 2.29. The maximum Gasteiger partial charge on any atom is 0.276 e. The molecule has 25 heavy (non-hydrogen) atoms. The molecule has 1 aliphatic heterocycles. The minimum absolute atomic E-state index is 0.0688. The molecule has 4 nitrogen and oxygen atoms in total. The monoisotopic (exact) mass is 374 g/mol. The molecule has 0 unspecified atom stereocenters. The van der Waals surface area contributed by atoms with Crippen molar-refractivity contribution < 1.29 is 9.53 Å². The van der Waals surface area contributed by atoms with Gasteiger partial charge in [0.1, 0.15) is 18.1 Å². The lowest BCUT2D eigenvalue weighted by molar-refractivity contribution is -0.124. The SMILES string of the molecule is C#CCOc1ccc(C=C2NC(=S)N(C3CCCCC3)C2=O)cc1Cl. The minimum atomic E-state index is -0.0688. The number of carbonyl (C=O) groups excluding carboxylic acids is 1. The minimum Gasteiger partial charge on any atom is -0.479 e. The Morgan fingerprint density at radius 1 is 1.40 bits per heavy atom. The van der Waals surface area contributed by atoms with Gasteiger partial charge in [0, 0.05) is 6.04 Å². The molecular formula is C19H19ClN2O2S. The summed E-state index contributed by atoms with van der Waals surface area (Å²) >= 11 is 11.6. The lowest BCUT2D eigenvalue weighted by Gasteiger charge is -2.29. The number of hydrogen-bond donors (Lipinski definition) is 1. The van der Waals surface area contributed by atoms with Crippen LogP contribution >= 0.6 is 23.8 Å². The van der Waals surface area contributed by atoms with E-state index < -0.39 is 0 Å². The summed E-state index contributed by atoms with van der Waals surface area (Å²) < 4.78 is 5.35. The van der Waals surface area contributed by atoms with Gasteiger partial charge in [0.05, 0.1) is 5.02 Å². The maximum atomic E-state index is 12.7. The van der Waals surface area contributed by atoms with Gasteiger partial charge in [0.15, 0.2) is 5.11 Å². The third-order valence-electron chi connectivity index (χ3n) is 4.43. The topological polar surface area (TPSA) is 41.6 Å². The van der Waals surface area contributed by atoms with E-state index in [-0.39, 0.29) is 18.6 Å². The summed E-state index contributed by atoms with van der Waals surface area (Å²) in [6, 6.07) is 5.51. The molecule has 0 spiro atoms. The van der Waals surface area contributed by atoms with Crippen molar-refractivity contribution in [1.29, 1.82) is 0 Å². The van der Waals surface area contributed by atoms with Crippen LogP contribution in [0.3, 0.4) is 0 Å². The normalized spacial score (nSPS) is 19.8. The van der Waals surface area contributed by atoms with E-state index in [0.29, 0.717) is 21.6 Å². The highest BCUT2D eigenvalue weighted by molar-refractivity contribution is 7.80. The first-order chi connectivity index (χ1) is 12.1. The van der Waals surface area contributed by atoms with Crippen molar-refractivity contribution in [3.63, 3.8) is 0 Å². The quantitative estimate of drug-likeness (QED) is 0.495. The zero-order chi connectivity index (χ0) is 17.8. The van der Waals surface area contributed by atoms with E-state index in [1.165, 1.54) is 6.42 Å². The average Bonchev–Trinajstić information content (AvgIpc) is 2.88. The van der Waals surface area contributed by atoms with Crippen molar-refractivity contribution in [1.82, 2.24) is 10.2 Å². The lowest BCUT2D eigenvalue weighted by atomic mass is 9.94. The van der Waals surface area contributed by atoms with Crippen LogP contribution in [0.1, 0.15) is 37.7 Å². The van der Waals surface area contributed by atoms with E-state index in [1.54, 1.807) is 23.1 Å². The number of hydrogen-bond acceptors (Lipinski definition) is 3. The van der Waals surface area contributed by atoms with E-state index in [1.807, 2.05) is 6.07 Å². The Labute approximate surface area is 158 Å². The first kappa shape index (κ1) is 17.8. The number of thiocarbonyl (C=S) groups is 1. The molecule has 1 saturated heterocycles. The summed E-state index contributed by atoms with van der Waals surface area (Å²) in [5.41, 5.74) is 1.27. The maximum absolute atomic E-state index is 12.7. The molecule has 1 aliphatic carbocycles. The van der Waals surface area contributed by atoms with Gasteiger partial charge in [-0.15, -0.1) is 6.42 Å². The highest BCUT2D eigenvalue weighted by Gasteiger charge is 2.36. The summed E-state index contributed by atoms with van der Waals surface area (Å²) in [4.78, 5) is 14.5. The zero-order valence-electron chi connectivity index (χ0n) is 13.8. The van der Waals surface area contributed by atoms with Crippen LogP contribution in [0.25, 0.3) is 6.08 Å². The summed E-state index contributed by atoms with van der Waals surface area (Å²) in [6.07, 6.45) is 12.5. The van der Waals surface area contributed by atoms with Crippen molar-refractivity contribution in [2.24, 2.45) is 0 Å². The van der Waals surface area contributed by atoms with Crippen molar-refractivity contribution in [2.45, 2.75) is 38.1 Å². The molecule has 0 bridgehead atoms. The van der Waals surface area contributed by atoms with Crippen molar-refractivity contribution in [2.75, 3.05) is 6.61 Å². The number of ether oxygens (including phenoxy) is 1. The molecule has 1 N–H and O–H groups in total. The smallest absolute Gasteiger partial charge is 0.276 e. The Balaban J connectivity index is 1.77. The number of rotatable bonds is 4. The molecule has 1 aromatic carbocycles. The van der Waals surface area contributed by atoms with E-state index in [0.717, 1.165) is 31.2 Å². The van der Waals surface area contributed by atoms with Crippen molar-refractivity contribution >= 4 is 40.9 Å². The second kappa shape index (κ2) is 7.90.